The molecule has 1 aliphatic rings. The van der Waals surface area contributed by atoms with E-state index in [2.05, 4.69) is 15.0 Å². The standard InChI is InChI=1S/C14H15N3O3S/c1-8-10(12(19-2)3-4-15-8)7-21-14-16-11-6-20-5-9(11)13(18)17-14/h3-4H,5-7H2,1-2H3,(H,16,17,18). The van der Waals surface area contributed by atoms with E-state index in [4.69, 9.17) is 9.47 Å². The molecule has 2 aromatic rings. The van der Waals surface area contributed by atoms with Gasteiger partial charge in [-0.3, -0.25) is 9.78 Å². The molecule has 0 fully saturated rings. The molecule has 0 aliphatic carbocycles. The number of nitrogens with one attached hydrogen (secondary N) is 1. The third-order valence-electron chi connectivity index (χ3n) is 3.37. The van der Waals surface area contributed by atoms with Gasteiger partial charge in [-0.15, -0.1) is 0 Å². The first-order chi connectivity index (χ1) is 10.2. The molecular weight excluding hydrogens is 290 g/mol. The number of nitrogens with zero attached hydrogens (tertiary/aromatic N) is 2. The number of hydrogen-bond donors (Lipinski definition) is 1. The number of aryl methyl sites for hydroxylation is 1. The van der Waals surface area contributed by atoms with Gasteiger partial charge in [-0.25, -0.2) is 4.98 Å². The predicted molar refractivity (Wildman–Crippen MR) is 78.4 cm³/mol. The van der Waals surface area contributed by atoms with Crippen LogP contribution in [0.3, 0.4) is 0 Å². The Balaban J connectivity index is 1.83. The van der Waals surface area contributed by atoms with Crippen molar-refractivity contribution in [1.82, 2.24) is 15.0 Å². The lowest BCUT2D eigenvalue weighted by molar-refractivity contribution is 0.132. The third-order valence-corrected chi connectivity index (χ3v) is 4.27. The van der Waals surface area contributed by atoms with E-state index in [1.165, 1.54) is 11.8 Å². The first-order valence-electron chi connectivity index (χ1n) is 6.50. The quantitative estimate of drug-likeness (QED) is 0.685. The molecule has 0 saturated heterocycles. The molecule has 7 heteroatoms. The van der Waals surface area contributed by atoms with E-state index in [0.717, 1.165) is 22.7 Å². The van der Waals surface area contributed by atoms with Gasteiger partial charge in [-0.1, -0.05) is 11.8 Å². The van der Waals surface area contributed by atoms with Crippen LogP contribution in [0.1, 0.15) is 22.5 Å². The van der Waals surface area contributed by atoms with Crippen molar-refractivity contribution in [1.29, 1.82) is 0 Å². The first-order valence-corrected chi connectivity index (χ1v) is 7.48. The van der Waals surface area contributed by atoms with Gasteiger partial charge in [0, 0.05) is 23.2 Å². The highest BCUT2D eigenvalue weighted by Crippen LogP contribution is 2.28. The van der Waals surface area contributed by atoms with Crippen molar-refractivity contribution in [3.8, 4) is 5.75 Å². The SMILES string of the molecule is COc1ccnc(C)c1CSc1nc2c(c(=O)[nH]1)COC2. The molecule has 0 radical (unpaired) electrons. The zero-order chi connectivity index (χ0) is 14.8. The lowest BCUT2D eigenvalue weighted by atomic mass is 10.2. The first kappa shape index (κ1) is 14.1. The fourth-order valence-corrected chi connectivity index (χ4v) is 3.16. The lowest BCUT2D eigenvalue weighted by Gasteiger charge is -2.10. The average molecular weight is 305 g/mol. The van der Waals surface area contributed by atoms with Crippen LogP contribution in [0.15, 0.2) is 22.2 Å². The second-order valence-electron chi connectivity index (χ2n) is 4.65. The smallest absolute Gasteiger partial charge is 0.257 e. The van der Waals surface area contributed by atoms with Crippen molar-refractivity contribution in [2.75, 3.05) is 7.11 Å². The maximum atomic E-state index is 11.9. The Kier molecular flexibility index (Phi) is 3.94. The largest absolute Gasteiger partial charge is 0.496 e. The molecule has 0 atom stereocenters. The summed E-state index contributed by atoms with van der Waals surface area (Å²) in [6, 6.07) is 1.83. The topological polar surface area (TPSA) is 77.1 Å². The summed E-state index contributed by atoms with van der Waals surface area (Å²) >= 11 is 1.46. The van der Waals surface area contributed by atoms with Crippen molar-refractivity contribution in [2.45, 2.75) is 31.0 Å². The highest BCUT2D eigenvalue weighted by atomic mass is 32.2. The minimum atomic E-state index is -0.116. The van der Waals surface area contributed by atoms with Crippen LogP contribution >= 0.6 is 11.8 Å². The van der Waals surface area contributed by atoms with E-state index in [9.17, 15) is 4.79 Å². The van der Waals surface area contributed by atoms with Crippen LogP contribution in [0.25, 0.3) is 0 Å². The van der Waals surface area contributed by atoms with E-state index in [1.807, 2.05) is 13.0 Å². The molecule has 3 heterocycles. The number of aromatic amines is 1. The monoisotopic (exact) mass is 305 g/mol. The van der Waals surface area contributed by atoms with Crippen LogP contribution in [-0.4, -0.2) is 22.1 Å². The Morgan fingerprint density at radius 2 is 2.33 bits per heavy atom. The summed E-state index contributed by atoms with van der Waals surface area (Å²) < 4.78 is 10.6. The fraction of sp³-hybridized carbons (Fsp3) is 0.357. The summed E-state index contributed by atoms with van der Waals surface area (Å²) in [4.78, 5) is 23.4. The van der Waals surface area contributed by atoms with Crippen LogP contribution in [0.5, 0.6) is 5.75 Å². The van der Waals surface area contributed by atoms with Gasteiger partial charge in [0.25, 0.3) is 5.56 Å². The summed E-state index contributed by atoms with van der Waals surface area (Å²) in [7, 11) is 1.63. The second kappa shape index (κ2) is 5.87. The number of H-pyrrole nitrogens is 1. The van der Waals surface area contributed by atoms with E-state index < -0.39 is 0 Å². The summed E-state index contributed by atoms with van der Waals surface area (Å²) in [6.07, 6.45) is 1.72. The third kappa shape index (κ3) is 2.79. The van der Waals surface area contributed by atoms with Crippen molar-refractivity contribution >= 4 is 11.8 Å². The predicted octanol–water partition coefficient (Wildman–Crippen LogP) is 1.80. The summed E-state index contributed by atoms with van der Waals surface area (Å²) in [5.41, 5.74) is 3.17. The maximum Gasteiger partial charge on any atom is 0.257 e. The molecule has 0 unspecified atom stereocenters. The molecule has 0 amide bonds. The zero-order valence-corrected chi connectivity index (χ0v) is 12.6. The molecule has 0 saturated carbocycles. The van der Waals surface area contributed by atoms with Crippen LogP contribution in [0.2, 0.25) is 0 Å². The Morgan fingerprint density at radius 3 is 3.14 bits per heavy atom. The van der Waals surface area contributed by atoms with Crippen molar-refractivity contribution in [3.63, 3.8) is 0 Å². The van der Waals surface area contributed by atoms with Gasteiger partial charge in [0.1, 0.15) is 5.75 Å². The van der Waals surface area contributed by atoms with Crippen molar-refractivity contribution in [3.05, 3.63) is 45.1 Å². The number of methoxy groups -OCH3 is 1. The molecule has 1 aliphatic heterocycles. The zero-order valence-electron chi connectivity index (χ0n) is 11.8. The van der Waals surface area contributed by atoms with Gasteiger partial charge in [-0.2, -0.15) is 0 Å². The normalized spacial score (nSPS) is 13.2. The van der Waals surface area contributed by atoms with E-state index in [1.54, 1.807) is 13.3 Å². The number of aromatic nitrogens is 3. The van der Waals surface area contributed by atoms with Crippen molar-refractivity contribution in [2.24, 2.45) is 0 Å². The minimum absolute atomic E-state index is 0.116. The Morgan fingerprint density at radius 1 is 1.48 bits per heavy atom. The van der Waals surface area contributed by atoms with E-state index >= 15 is 0 Å². The van der Waals surface area contributed by atoms with Gasteiger partial charge >= 0.3 is 0 Å². The Bertz CT molecular complexity index is 730. The maximum absolute atomic E-state index is 11.9. The van der Waals surface area contributed by atoms with E-state index in [0.29, 0.717) is 29.7 Å². The Hall–Kier alpha value is -1.86. The minimum Gasteiger partial charge on any atom is -0.496 e. The molecular formula is C14H15N3O3S. The van der Waals surface area contributed by atoms with E-state index in [-0.39, 0.29) is 5.56 Å². The number of thioether (sulfide) groups is 1. The van der Waals surface area contributed by atoms with Gasteiger partial charge in [0.15, 0.2) is 5.16 Å². The molecule has 6 nitrogen and oxygen atoms in total. The van der Waals surface area contributed by atoms with Crippen molar-refractivity contribution < 1.29 is 9.47 Å². The van der Waals surface area contributed by atoms with Crippen LogP contribution < -0.4 is 10.3 Å². The summed E-state index contributed by atoms with van der Waals surface area (Å²) in [5.74, 6) is 1.42. The molecule has 0 bridgehead atoms. The lowest BCUT2D eigenvalue weighted by Crippen LogP contribution is -2.15. The summed E-state index contributed by atoms with van der Waals surface area (Å²) in [5, 5.41) is 0.592. The molecule has 1 N–H and O–H groups in total. The highest BCUT2D eigenvalue weighted by Gasteiger charge is 2.18. The number of pyridine rings is 1. The van der Waals surface area contributed by atoms with Crippen LogP contribution in [0, 0.1) is 6.92 Å². The van der Waals surface area contributed by atoms with Crippen LogP contribution in [-0.2, 0) is 23.7 Å². The number of rotatable bonds is 4. The Labute approximate surface area is 125 Å². The van der Waals surface area contributed by atoms with Gasteiger partial charge in [-0.05, 0) is 13.0 Å². The highest BCUT2D eigenvalue weighted by molar-refractivity contribution is 7.98. The molecule has 0 aromatic carbocycles. The molecule has 2 aromatic heterocycles. The van der Waals surface area contributed by atoms with Gasteiger partial charge in [0.2, 0.25) is 0 Å². The number of ether oxygens (including phenoxy) is 2. The molecule has 110 valence electrons. The second-order valence-corrected chi connectivity index (χ2v) is 5.62. The number of hydrogen-bond acceptors (Lipinski definition) is 6. The average Bonchev–Trinajstić information content (AvgIpc) is 2.94. The van der Waals surface area contributed by atoms with Gasteiger partial charge < -0.3 is 14.5 Å². The fourth-order valence-electron chi connectivity index (χ4n) is 2.19. The van der Waals surface area contributed by atoms with Crippen LogP contribution in [0.4, 0.5) is 0 Å². The molecule has 3 rings (SSSR count). The van der Waals surface area contributed by atoms with Gasteiger partial charge in [0.05, 0.1) is 31.6 Å². The molecule has 0 spiro atoms. The number of fused-ring (bicyclic) bond motifs is 1. The summed E-state index contributed by atoms with van der Waals surface area (Å²) in [6.45, 7) is 2.69. The molecule has 21 heavy (non-hydrogen) atoms.